The molecule has 0 fully saturated rings. The van der Waals surface area contributed by atoms with Crippen LogP contribution in [-0.2, 0) is 28.5 Å². The quantitative estimate of drug-likeness (QED) is 0.0433. The summed E-state index contributed by atoms with van der Waals surface area (Å²) < 4.78 is 27.9. The lowest BCUT2D eigenvalue weighted by Crippen LogP contribution is -2.24. The normalized spacial score (nSPS) is 12.6. The van der Waals surface area contributed by atoms with Gasteiger partial charge >= 0.3 is 12.1 Å². The topological polar surface area (TPSA) is 83.5 Å². The highest BCUT2D eigenvalue weighted by Gasteiger charge is 2.16. The molecule has 234 valence electrons. The van der Waals surface area contributed by atoms with Crippen LogP contribution < -0.4 is 0 Å². The zero-order valence-electron chi connectivity index (χ0n) is 26.2. The average molecular weight is 570 g/mol. The lowest BCUT2D eigenvalue weighted by molar-refractivity contribution is -0.159. The lowest BCUT2D eigenvalue weighted by Gasteiger charge is -2.19. The Labute approximate surface area is 244 Å². The molecule has 0 spiro atoms. The first-order valence-electron chi connectivity index (χ1n) is 15.7. The first-order valence-corrected chi connectivity index (χ1v) is 15.7. The fraction of sp³-hybridized carbons (Fsp3) is 0.812. The molecule has 8 nitrogen and oxygen atoms in total. The van der Waals surface area contributed by atoms with Gasteiger partial charge in [-0.15, -0.1) is 0 Å². The van der Waals surface area contributed by atoms with Crippen molar-refractivity contribution in [1.29, 1.82) is 0 Å². The second kappa shape index (κ2) is 28.6. The lowest BCUT2D eigenvalue weighted by atomic mass is 10.2. The smallest absolute Gasteiger partial charge is 0.466 e. The fourth-order valence-electron chi connectivity index (χ4n) is 3.72. The Balaban J connectivity index is 4.32. The molecule has 0 bridgehead atoms. The average Bonchev–Trinajstić information content (AvgIpc) is 2.95. The molecular formula is C32H59NO7. The molecule has 0 aliphatic heterocycles. The van der Waals surface area contributed by atoms with Gasteiger partial charge in [-0.25, -0.2) is 4.79 Å². The summed E-state index contributed by atoms with van der Waals surface area (Å²) in [6.45, 7) is 11.8. The first kappa shape index (κ1) is 38.1. The Morgan fingerprint density at radius 2 is 1.35 bits per heavy atom. The number of carbonyl (C=O) groups is 2. The number of unbranched alkanes of at least 4 members (excludes halogenated alkanes) is 4. The maximum Gasteiger partial charge on any atom is 0.508 e. The molecule has 40 heavy (non-hydrogen) atoms. The van der Waals surface area contributed by atoms with Gasteiger partial charge in [-0.05, 0) is 77.8 Å². The highest BCUT2D eigenvalue weighted by Crippen LogP contribution is 2.11. The van der Waals surface area contributed by atoms with Crippen LogP contribution in [0.1, 0.15) is 111 Å². The Kier molecular flexibility index (Phi) is 27.3. The minimum Gasteiger partial charge on any atom is -0.466 e. The van der Waals surface area contributed by atoms with E-state index in [4.69, 9.17) is 23.7 Å². The van der Waals surface area contributed by atoms with Gasteiger partial charge in [0.2, 0.25) is 0 Å². The zero-order chi connectivity index (χ0) is 29.7. The molecule has 1 unspecified atom stereocenters. The van der Waals surface area contributed by atoms with Crippen LogP contribution in [0.2, 0.25) is 0 Å². The highest BCUT2D eigenvalue weighted by molar-refractivity contribution is 5.69. The van der Waals surface area contributed by atoms with Gasteiger partial charge in [0.05, 0.1) is 19.6 Å². The summed E-state index contributed by atoms with van der Waals surface area (Å²) in [5, 5.41) is 0. The number of hydrogen-bond acceptors (Lipinski definition) is 8. The van der Waals surface area contributed by atoms with Crippen molar-refractivity contribution in [3.63, 3.8) is 0 Å². The van der Waals surface area contributed by atoms with Crippen LogP contribution in [-0.4, -0.2) is 76.0 Å². The van der Waals surface area contributed by atoms with Crippen LogP contribution in [0.5, 0.6) is 0 Å². The molecule has 0 aliphatic rings. The summed E-state index contributed by atoms with van der Waals surface area (Å²) in [7, 11) is 2.02. The summed E-state index contributed by atoms with van der Waals surface area (Å²) >= 11 is 0. The number of esters is 1. The molecule has 0 rings (SSSR count). The van der Waals surface area contributed by atoms with Gasteiger partial charge in [0, 0.05) is 32.6 Å². The minimum atomic E-state index is -0.669. The number of carbonyl (C=O) groups excluding carboxylic acids is 2. The monoisotopic (exact) mass is 569 g/mol. The Hall–Kier alpha value is -1.90. The van der Waals surface area contributed by atoms with Crippen LogP contribution in [0, 0.1) is 0 Å². The van der Waals surface area contributed by atoms with Crippen molar-refractivity contribution in [2.75, 3.05) is 46.6 Å². The van der Waals surface area contributed by atoms with E-state index < -0.39 is 12.4 Å². The van der Waals surface area contributed by atoms with Crippen molar-refractivity contribution in [2.45, 2.75) is 124 Å². The van der Waals surface area contributed by atoms with Crippen molar-refractivity contribution in [3.05, 3.63) is 24.3 Å². The molecule has 0 amide bonds. The van der Waals surface area contributed by atoms with E-state index in [1.165, 1.54) is 0 Å². The van der Waals surface area contributed by atoms with Crippen LogP contribution in [0.4, 0.5) is 4.79 Å². The molecular weight excluding hydrogens is 510 g/mol. The van der Waals surface area contributed by atoms with Crippen molar-refractivity contribution in [2.24, 2.45) is 0 Å². The van der Waals surface area contributed by atoms with Crippen molar-refractivity contribution in [1.82, 2.24) is 4.90 Å². The first-order chi connectivity index (χ1) is 19.5. The maximum atomic E-state index is 12.4. The number of hydrogen-bond donors (Lipinski definition) is 0. The summed E-state index contributed by atoms with van der Waals surface area (Å²) in [6.07, 6.45) is 18.1. The number of allylic oxidation sites excluding steroid dienone is 4. The second-order valence-corrected chi connectivity index (χ2v) is 9.97. The minimum absolute atomic E-state index is 0.189. The van der Waals surface area contributed by atoms with E-state index >= 15 is 0 Å². The summed E-state index contributed by atoms with van der Waals surface area (Å²) in [4.78, 5) is 26.5. The van der Waals surface area contributed by atoms with Gasteiger partial charge in [-0.2, -0.15) is 0 Å². The van der Waals surface area contributed by atoms with E-state index in [9.17, 15) is 9.59 Å². The van der Waals surface area contributed by atoms with Crippen LogP contribution in [0.15, 0.2) is 24.3 Å². The zero-order valence-corrected chi connectivity index (χ0v) is 26.2. The fourth-order valence-corrected chi connectivity index (χ4v) is 3.72. The third-order valence-electron chi connectivity index (χ3n) is 6.39. The largest absolute Gasteiger partial charge is 0.508 e. The van der Waals surface area contributed by atoms with Gasteiger partial charge in [-0.3, -0.25) is 4.79 Å². The molecule has 0 heterocycles. The van der Waals surface area contributed by atoms with Crippen molar-refractivity contribution >= 4 is 12.1 Å². The van der Waals surface area contributed by atoms with Gasteiger partial charge < -0.3 is 28.6 Å². The predicted molar refractivity (Wildman–Crippen MR) is 161 cm³/mol. The van der Waals surface area contributed by atoms with E-state index in [1.54, 1.807) is 0 Å². The molecule has 0 aromatic rings. The van der Waals surface area contributed by atoms with Crippen molar-refractivity contribution in [3.8, 4) is 0 Å². The molecule has 0 saturated heterocycles. The molecule has 0 saturated carbocycles. The third kappa shape index (κ3) is 25.1. The Morgan fingerprint density at radius 1 is 0.725 bits per heavy atom. The van der Waals surface area contributed by atoms with Crippen LogP contribution >= 0.6 is 0 Å². The molecule has 8 heteroatoms. The molecule has 0 radical (unpaired) electrons. The molecule has 1 atom stereocenters. The second-order valence-electron chi connectivity index (χ2n) is 9.97. The predicted octanol–water partition coefficient (Wildman–Crippen LogP) is 7.61. The van der Waals surface area contributed by atoms with E-state index in [-0.39, 0.29) is 25.1 Å². The van der Waals surface area contributed by atoms with E-state index in [0.29, 0.717) is 39.1 Å². The van der Waals surface area contributed by atoms with Gasteiger partial charge in [0.15, 0.2) is 6.29 Å². The summed E-state index contributed by atoms with van der Waals surface area (Å²) in [5.41, 5.74) is 0. The molecule has 0 aliphatic carbocycles. The Bertz CT molecular complexity index is 629. The van der Waals surface area contributed by atoms with Gasteiger partial charge in [0.1, 0.15) is 6.10 Å². The van der Waals surface area contributed by atoms with E-state index in [1.807, 2.05) is 14.0 Å². The standard InChI is InChI=1S/C32H59NO7/c1-6-10-12-14-16-18-25-37-31(38-26-19-17-15-13-11-7-2)22-21-30(34)36-28-23-29(8-3)40-32(35)39-27-20-24-33(5)9-4/h10-13,29,31H,6-9,14-28H2,1-5H3/b12-10-,13-11-. The van der Waals surface area contributed by atoms with E-state index in [0.717, 1.165) is 70.9 Å². The molecule has 0 aromatic heterocycles. The number of nitrogens with zero attached hydrogens (tertiary/aromatic N) is 1. The summed E-state index contributed by atoms with van der Waals surface area (Å²) in [6, 6.07) is 0. The Morgan fingerprint density at radius 3 is 1.90 bits per heavy atom. The van der Waals surface area contributed by atoms with E-state index in [2.05, 4.69) is 50.0 Å². The number of ether oxygens (including phenoxy) is 5. The summed E-state index contributed by atoms with van der Waals surface area (Å²) in [5.74, 6) is -0.302. The maximum absolute atomic E-state index is 12.4. The van der Waals surface area contributed by atoms with Crippen LogP contribution in [0.25, 0.3) is 0 Å². The third-order valence-corrected chi connectivity index (χ3v) is 6.39. The van der Waals surface area contributed by atoms with Gasteiger partial charge in [0.25, 0.3) is 0 Å². The SMILES string of the molecule is CC/C=C\CCCCOC(CCC(=O)OCCC(CC)OC(=O)OCCCN(C)CC)OCCCC/C=C\CC. The molecule has 0 aromatic carbocycles. The highest BCUT2D eigenvalue weighted by atomic mass is 16.7. The van der Waals surface area contributed by atoms with Gasteiger partial charge in [-0.1, -0.05) is 52.0 Å². The van der Waals surface area contributed by atoms with Crippen molar-refractivity contribution < 1.29 is 33.3 Å². The van der Waals surface area contributed by atoms with Crippen LogP contribution in [0.3, 0.4) is 0 Å². The molecule has 0 N–H and O–H groups in total. The number of rotatable bonds is 27.